The van der Waals surface area contributed by atoms with E-state index in [9.17, 15) is 0 Å². The van der Waals surface area contributed by atoms with Gasteiger partial charge in [-0.15, -0.1) is 0 Å². The summed E-state index contributed by atoms with van der Waals surface area (Å²) in [5.74, 6) is 3.63. The molecule has 1 fully saturated rings. The van der Waals surface area contributed by atoms with Crippen molar-refractivity contribution in [2.24, 2.45) is 0 Å². The Balaban J connectivity index is 1.55. The van der Waals surface area contributed by atoms with E-state index in [0.29, 0.717) is 29.5 Å². The van der Waals surface area contributed by atoms with Gasteiger partial charge in [0.05, 0.1) is 57.8 Å². The van der Waals surface area contributed by atoms with Crippen LogP contribution in [0.3, 0.4) is 0 Å². The minimum Gasteiger partial charge on any atom is -0.493 e. The highest BCUT2D eigenvalue weighted by Crippen LogP contribution is 2.48. The minimum absolute atomic E-state index is 0.110. The molecule has 2 aliphatic heterocycles. The second-order valence-corrected chi connectivity index (χ2v) is 10.5. The molecule has 1 saturated heterocycles. The quantitative estimate of drug-likeness (QED) is 0.315. The molecule has 3 heterocycles. The fourth-order valence-electron chi connectivity index (χ4n) is 6.18. The number of para-hydroxylation sites is 1. The van der Waals surface area contributed by atoms with E-state index in [4.69, 9.17) is 28.8 Å². The van der Waals surface area contributed by atoms with Gasteiger partial charge in [-0.05, 0) is 42.3 Å². The zero-order valence-electron chi connectivity index (χ0n) is 24.4. The molecule has 0 radical (unpaired) electrons. The second kappa shape index (κ2) is 11.5. The van der Waals surface area contributed by atoms with Crippen molar-refractivity contribution in [1.29, 1.82) is 0 Å². The minimum atomic E-state index is -0.247. The number of piperazine rings is 1. The van der Waals surface area contributed by atoms with Crippen LogP contribution in [0.15, 0.2) is 48.5 Å². The summed E-state index contributed by atoms with van der Waals surface area (Å²) in [5.41, 5.74) is 5.18. The lowest BCUT2D eigenvalue weighted by Crippen LogP contribution is -2.44. The lowest BCUT2D eigenvalue weighted by Gasteiger charge is -2.32. The number of benzene rings is 3. The Bertz CT molecular complexity index is 1520. The number of fused-ring (bicyclic) bond motifs is 2. The van der Waals surface area contributed by atoms with Crippen LogP contribution in [0.5, 0.6) is 28.7 Å². The number of ether oxygens (including phenoxy) is 5. The standard InChI is InChI=1S/C32H38N4O5/c1-20(35-14-12-33-13-15-35)30-23-18-28(39-4)32(40-5)29(27-17-22-8-6-7-9-24(22)41-27)31(23)36(34-30)19-21-10-11-25(37-2)26(16-21)38-3/h6-11,16,18,20,27,33H,12-15,17,19H2,1-5H3. The summed E-state index contributed by atoms with van der Waals surface area (Å²) >= 11 is 0. The van der Waals surface area contributed by atoms with Crippen LogP contribution in [0, 0.1) is 0 Å². The first-order valence-corrected chi connectivity index (χ1v) is 14.1. The van der Waals surface area contributed by atoms with E-state index >= 15 is 0 Å². The van der Waals surface area contributed by atoms with Gasteiger partial charge < -0.3 is 29.0 Å². The highest BCUT2D eigenvalue weighted by molar-refractivity contribution is 5.90. The van der Waals surface area contributed by atoms with Gasteiger partial charge in [0.25, 0.3) is 0 Å². The van der Waals surface area contributed by atoms with Crippen LogP contribution in [-0.2, 0) is 13.0 Å². The number of rotatable bonds is 9. The number of hydrogen-bond acceptors (Lipinski definition) is 8. The van der Waals surface area contributed by atoms with Gasteiger partial charge in [0, 0.05) is 38.0 Å². The summed E-state index contributed by atoms with van der Waals surface area (Å²) in [6, 6.07) is 16.4. The average Bonchev–Trinajstić information content (AvgIpc) is 3.61. The molecular weight excluding hydrogens is 520 g/mol. The lowest BCUT2D eigenvalue weighted by molar-refractivity contribution is 0.182. The molecular formula is C32H38N4O5. The Labute approximate surface area is 240 Å². The van der Waals surface area contributed by atoms with E-state index in [1.807, 2.05) is 24.3 Å². The first-order chi connectivity index (χ1) is 20.1. The number of hydrogen-bond donors (Lipinski definition) is 1. The molecule has 6 rings (SSSR count). The molecule has 0 amide bonds. The number of methoxy groups -OCH3 is 4. The van der Waals surface area contributed by atoms with Crippen LogP contribution < -0.4 is 29.0 Å². The van der Waals surface area contributed by atoms with E-state index in [2.05, 4.69) is 46.1 Å². The van der Waals surface area contributed by atoms with Gasteiger partial charge in [0.2, 0.25) is 0 Å². The highest BCUT2D eigenvalue weighted by atomic mass is 16.5. The van der Waals surface area contributed by atoms with Crippen molar-refractivity contribution in [3.8, 4) is 28.7 Å². The largest absolute Gasteiger partial charge is 0.493 e. The predicted molar refractivity (Wildman–Crippen MR) is 158 cm³/mol. The third-order valence-electron chi connectivity index (χ3n) is 8.29. The average molecular weight is 559 g/mol. The molecule has 9 heteroatoms. The molecule has 1 aromatic heterocycles. The summed E-state index contributed by atoms with van der Waals surface area (Å²) in [6.45, 7) is 6.63. The third kappa shape index (κ3) is 4.93. The monoisotopic (exact) mass is 558 g/mol. The number of nitrogens with one attached hydrogen (secondary N) is 1. The van der Waals surface area contributed by atoms with Crippen molar-refractivity contribution in [2.75, 3.05) is 54.6 Å². The Hall–Kier alpha value is -3.95. The van der Waals surface area contributed by atoms with E-state index in [-0.39, 0.29) is 12.1 Å². The third-order valence-corrected chi connectivity index (χ3v) is 8.29. The fourth-order valence-corrected chi connectivity index (χ4v) is 6.18. The molecule has 2 aliphatic rings. The molecule has 2 atom stereocenters. The summed E-state index contributed by atoms with van der Waals surface area (Å²) in [6.07, 6.45) is 0.488. The molecule has 1 N–H and O–H groups in total. The van der Waals surface area contributed by atoms with Crippen molar-refractivity contribution >= 4 is 10.9 Å². The van der Waals surface area contributed by atoms with Crippen LogP contribution in [0.4, 0.5) is 0 Å². The summed E-state index contributed by atoms with van der Waals surface area (Å²) < 4.78 is 31.7. The van der Waals surface area contributed by atoms with E-state index in [1.165, 1.54) is 5.56 Å². The molecule has 216 valence electrons. The maximum absolute atomic E-state index is 6.57. The molecule has 0 saturated carbocycles. The molecule has 0 aliphatic carbocycles. The lowest BCUT2D eigenvalue weighted by atomic mass is 9.97. The zero-order chi connectivity index (χ0) is 28.5. The van der Waals surface area contributed by atoms with Crippen LogP contribution in [-0.4, -0.2) is 69.3 Å². The molecule has 0 spiro atoms. The smallest absolute Gasteiger partial charge is 0.169 e. The molecule has 2 unspecified atom stereocenters. The van der Waals surface area contributed by atoms with Crippen LogP contribution in [0.2, 0.25) is 0 Å². The normalized spacial score (nSPS) is 17.6. The Morgan fingerprint density at radius 3 is 2.39 bits per heavy atom. The zero-order valence-corrected chi connectivity index (χ0v) is 24.4. The van der Waals surface area contributed by atoms with Gasteiger partial charge in [0.15, 0.2) is 23.0 Å². The highest BCUT2D eigenvalue weighted by Gasteiger charge is 2.34. The summed E-state index contributed by atoms with van der Waals surface area (Å²) in [5, 5.41) is 9.81. The topological polar surface area (TPSA) is 79.2 Å². The molecule has 9 nitrogen and oxygen atoms in total. The van der Waals surface area contributed by atoms with E-state index in [0.717, 1.165) is 66.1 Å². The van der Waals surface area contributed by atoms with Crippen LogP contribution in [0.1, 0.15) is 41.5 Å². The summed E-state index contributed by atoms with van der Waals surface area (Å²) in [4.78, 5) is 2.48. The number of nitrogens with zero attached hydrogens (tertiary/aromatic N) is 3. The van der Waals surface area contributed by atoms with Crippen molar-refractivity contribution in [3.05, 3.63) is 70.9 Å². The van der Waals surface area contributed by atoms with Crippen molar-refractivity contribution in [2.45, 2.75) is 32.0 Å². The van der Waals surface area contributed by atoms with Gasteiger partial charge in [0.1, 0.15) is 11.9 Å². The van der Waals surface area contributed by atoms with Crippen molar-refractivity contribution < 1.29 is 23.7 Å². The van der Waals surface area contributed by atoms with E-state index < -0.39 is 0 Å². The fraction of sp³-hybridized carbons (Fsp3) is 0.406. The first kappa shape index (κ1) is 27.2. The van der Waals surface area contributed by atoms with Gasteiger partial charge in [-0.2, -0.15) is 5.10 Å². The Kier molecular flexibility index (Phi) is 7.64. The van der Waals surface area contributed by atoms with Crippen LogP contribution in [0.25, 0.3) is 10.9 Å². The first-order valence-electron chi connectivity index (χ1n) is 14.1. The molecule has 4 aromatic rings. The predicted octanol–water partition coefficient (Wildman–Crippen LogP) is 4.76. The molecule has 41 heavy (non-hydrogen) atoms. The van der Waals surface area contributed by atoms with Crippen molar-refractivity contribution in [3.63, 3.8) is 0 Å². The van der Waals surface area contributed by atoms with Gasteiger partial charge >= 0.3 is 0 Å². The Morgan fingerprint density at radius 1 is 0.927 bits per heavy atom. The maximum atomic E-state index is 6.57. The molecule has 3 aromatic carbocycles. The van der Waals surface area contributed by atoms with Gasteiger partial charge in [-0.25, -0.2) is 0 Å². The van der Waals surface area contributed by atoms with Gasteiger partial charge in [-0.1, -0.05) is 24.3 Å². The molecule has 0 bridgehead atoms. The van der Waals surface area contributed by atoms with E-state index in [1.54, 1.807) is 28.4 Å². The number of aromatic nitrogens is 2. The summed E-state index contributed by atoms with van der Waals surface area (Å²) in [7, 11) is 6.68. The van der Waals surface area contributed by atoms with Crippen molar-refractivity contribution in [1.82, 2.24) is 20.0 Å². The Morgan fingerprint density at radius 2 is 1.68 bits per heavy atom. The SMILES string of the molecule is COc1ccc(Cn2nc(C(C)N3CCNCC3)c3cc(OC)c(OC)c(C4Cc5ccccc5O4)c32)cc1OC. The maximum Gasteiger partial charge on any atom is 0.169 e. The second-order valence-electron chi connectivity index (χ2n) is 10.5. The van der Waals surface area contributed by atoms with Crippen LogP contribution >= 0.6 is 0 Å². The van der Waals surface area contributed by atoms with Gasteiger partial charge in [-0.3, -0.25) is 9.58 Å².